The first-order chi connectivity index (χ1) is 7.69. The molecule has 0 atom stereocenters. The van der Waals surface area contributed by atoms with Gasteiger partial charge in [0, 0.05) is 5.69 Å². The number of benzene rings is 1. The monoisotopic (exact) mass is 218 g/mol. The molecule has 0 saturated heterocycles. The standard InChI is InChI=1S/C11H14N4O/c1-7-13-9-4-3-8(5-10(9)14-7)15-11(16)6-12-2/h3-5,12H,6H2,1-2H3,(H,13,14)(H,15,16). The summed E-state index contributed by atoms with van der Waals surface area (Å²) < 4.78 is 0. The maximum absolute atomic E-state index is 11.4. The molecule has 1 amide bonds. The lowest BCUT2D eigenvalue weighted by atomic mass is 10.3. The van der Waals surface area contributed by atoms with Crippen LogP contribution in [-0.2, 0) is 4.79 Å². The summed E-state index contributed by atoms with van der Waals surface area (Å²) >= 11 is 0. The maximum atomic E-state index is 11.4. The zero-order valence-electron chi connectivity index (χ0n) is 9.29. The van der Waals surface area contributed by atoms with Crippen molar-refractivity contribution < 1.29 is 4.79 Å². The third kappa shape index (κ3) is 2.20. The first-order valence-electron chi connectivity index (χ1n) is 5.10. The van der Waals surface area contributed by atoms with Gasteiger partial charge in [0.2, 0.25) is 5.91 Å². The molecule has 0 aliphatic heterocycles. The van der Waals surface area contributed by atoms with Crippen LogP contribution in [0.25, 0.3) is 11.0 Å². The molecule has 0 bridgehead atoms. The number of hydrogen-bond acceptors (Lipinski definition) is 3. The van der Waals surface area contributed by atoms with Crippen molar-refractivity contribution in [3.8, 4) is 0 Å². The summed E-state index contributed by atoms with van der Waals surface area (Å²) in [4.78, 5) is 18.8. The van der Waals surface area contributed by atoms with Gasteiger partial charge in [-0.05, 0) is 32.2 Å². The lowest BCUT2D eigenvalue weighted by Crippen LogP contribution is -2.24. The molecule has 1 heterocycles. The molecule has 84 valence electrons. The number of H-pyrrole nitrogens is 1. The van der Waals surface area contributed by atoms with Crippen molar-refractivity contribution in [2.45, 2.75) is 6.92 Å². The Morgan fingerprint density at radius 2 is 2.31 bits per heavy atom. The first kappa shape index (κ1) is 10.6. The molecule has 1 aromatic carbocycles. The highest BCUT2D eigenvalue weighted by Gasteiger charge is 2.03. The molecule has 5 nitrogen and oxygen atoms in total. The fraction of sp³-hybridized carbons (Fsp3) is 0.273. The third-order valence-electron chi connectivity index (χ3n) is 2.22. The number of nitrogens with one attached hydrogen (secondary N) is 3. The Morgan fingerprint density at radius 1 is 1.50 bits per heavy atom. The zero-order chi connectivity index (χ0) is 11.5. The van der Waals surface area contributed by atoms with Crippen molar-refractivity contribution in [2.75, 3.05) is 18.9 Å². The fourth-order valence-electron chi connectivity index (χ4n) is 1.58. The summed E-state index contributed by atoms with van der Waals surface area (Å²) in [6.45, 7) is 2.21. The molecular formula is C11H14N4O. The van der Waals surface area contributed by atoms with Gasteiger partial charge >= 0.3 is 0 Å². The van der Waals surface area contributed by atoms with Crippen molar-refractivity contribution >= 4 is 22.6 Å². The Kier molecular flexibility index (Phi) is 2.87. The van der Waals surface area contributed by atoms with Crippen LogP contribution in [0.4, 0.5) is 5.69 Å². The van der Waals surface area contributed by atoms with Gasteiger partial charge in [-0.15, -0.1) is 0 Å². The largest absolute Gasteiger partial charge is 0.342 e. The summed E-state index contributed by atoms with van der Waals surface area (Å²) in [6.07, 6.45) is 0. The average Bonchev–Trinajstić information content (AvgIpc) is 2.57. The smallest absolute Gasteiger partial charge is 0.238 e. The van der Waals surface area contributed by atoms with Crippen LogP contribution < -0.4 is 10.6 Å². The number of aromatic amines is 1. The van der Waals surface area contributed by atoms with Gasteiger partial charge in [-0.2, -0.15) is 0 Å². The van der Waals surface area contributed by atoms with Gasteiger partial charge in [0.15, 0.2) is 0 Å². The van der Waals surface area contributed by atoms with E-state index in [2.05, 4.69) is 20.6 Å². The molecular weight excluding hydrogens is 204 g/mol. The van der Waals surface area contributed by atoms with E-state index in [-0.39, 0.29) is 5.91 Å². The van der Waals surface area contributed by atoms with E-state index >= 15 is 0 Å². The molecule has 1 aromatic heterocycles. The Bertz CT molecular complexity index is 518. The number of aryl methyl sites for hydroxylation is 1. The zero-order valence-corrected chi connectivity index (χ0v) is 9.29. The van der Waals surface area contributed by atoms with Crippen LogP contribution in [0.3, 0.4) is 0 Å². The van der Waals surface area contributed by atoms with Gasteiger partial charge in [-0.25, -0.2) is 4.98 Å². The molecule has 0 fully saturated rings. The van der Waals surface area contributed by atoms with E-state index in [1.165, 1.54) is 0 Å². The molecule has 0 aliphatic carbocycles. The van der Waals surface area contributed by atoms with Crippen LogP contribution in [0.15, 0.2) is 18.2 Å². The Morgan fingerprint density at radius 3 is 3.06 bits per heavy atom. The predicted molar refractivity (Wildman–Crippen MR) is 63.4 cm³/mol. The first-order valence-corrected chi connectivity index (χ1v) is 5.10. The highest BCUT2D eigenvalue weighted by Crippen LogP contribution is 2.16. The third-order valence-corrected chi connectivity index (χ3v) is 2.22. The molecule has 2 rings (SSSR count). The van der Waals surface area contributed by atoms with Crippen LogP contribution in [-0.4, -0.2) is 29.5 Å². The van der Waals surface area contributed by atoms with Crippen molar-refractivity contribution in [2.24, 2.45) is 0 Å². The number of likely N-dealkylation sites (N-methyl/N-ethyl adjacent to an activating group) is 1. The molecule has 2 aromatic rings. The van der Waals surface area contributed by atoms with Crippen molar-refractivity contribution in [1.82, 2.24) is 15.3 Å². The minimum absolute atomic E-state index is 0.0573. The number of amides is 1. The molecule has 3 N–H and O–H groups in total. The van der Waals surface area contributed by atoms with Gasteiger partial charge in [0.1, 0.15) is 5.82 Å². The van der Waals surface area contributed by atoms with Gasteiger partial charge in [0.05, 0.1) is 17.6 Å². The minimum atomic E-state index is -0.0573. The highest BCUT2D eigenvalue weighted by molar-refractivity contribution is 5.94. The SMILES string of the molecule is CNCC(=O)Nc1ccc2nc(C)[nH]c2c1. The summed E-state index contributed by atoms with van der Waals surface area (Å²) in [7, 11) is 1.74. The van der Waals surface area contributed by atoms with Crippen LogP contribution in [0.2, 0.25) is 0 Å². The second kappa shape index (κ2) is 4.32. The molecule has 0 saturated carbocycles. The number of carbonyl (C=O) groups excluding carboxylic acids is 1. The number of imidazole rings is 1. The van der Waals surface area contributed by atoms with E-state index in [1.807, 2.05) is 25.1 Å². The predicted octanol–water partition coefficient (Wildman–Crippen LogP) is 1.03. The Balaban J connectivity index is 2.22. The van der Waals surface area contributed by atoms with Gasteiger partial charge in [-0.1, -0.05) is 0 Å². The van der Waals surface area contributed by atoms with Gasteiger partial charge in [-0.3, -0.25) is 4.79 Å². The molecule has 0 radical (unpaired) electrons. The molecule has 0 spiro atoms. The van der Waals surface area contributed by atoms with Gasteiger partial charge < -0.3 is 15.6 Å². The summed E-state index contributed by atoms with van der Waals surface area (Å²) in [5.41, 5.74) is 2.61. The van der Waals surface area contributed by atoms with E-state index in [9.17, 15) is 4.79 Å². The van der Waals surface area contributed by atoms with Crippen molar-refractivity contribution in [3.05, 3.63) is 24.0 Å². The highest BCUT2D eigenvalue weighted by atomic mass is 16.1. The second-order valence-corrected chi connectivity index (χ2v) is 3.63. The number of nitrogens with zero attached hydrogens (tertiary/aromatic N) is 1. The lowest BCUT2D eigenvalue weighted by molar-refractivity contribution is -0.115. The summed E-state index contributed by atoms with van der Waals surface area (Å²) in [6, 6.07) is 5.60. The number of hydrogen-bond donors (Lipinski definition) is 3. The van der Waals surface area contributed by atoms with E-state index < -0.39 is 0 Å². The quantitative estimate of drug-likeness (QED) is 0.720. The normalized spacial score (nSPS) is 10.6. The second-order valence-electron chi connectivity index (χ2n) is 3.63. The van der Waals surface area contributed by atoms with Crippen LogP contribution >= 0.6 is 0 Å². The van der Waals surface area contributed by atoms with E-state index in [1.54, 1.807) is 7.05 Å². The Hall–Kier alpha value is -1.88. The molecule has 0 unspecified atom stereocenters. The number of rotatable bonds is 3. The average molecular weight is 218 g/mol. The van der Waals surface area contributed by atoms with Gasteiger partial charge in [0.25, 0.3) is 0 Å². The number of anilines is 1. The fourth-order valence-corrected chi connectivity index (χ4v) is 1.58. The van der Waals surface area contributed by atoms with E-state index in [0.717, 1.165) is 22.5 Å². The molecule has 0 aliphatic rings. The minimum Gasteiger partial charge on any atom is -0.342 e. The number of fused-ring (bicyclic) bond motifs is 1. The number of carbonyl (C=O) groups is 1. The van der Waals surface area contributed by atoms with Crippen molar-refractivity contribution in [1.29, 1.82) is 0 Å². The maximum Gasteiger partial charge on any atom is 0.238 e. The van der Waals surface area contributed by atoms with E-state index in [0.29, 0.717) is 6.54 Å². The Labute approximate surface area is 93.3 Å². The summed E-state index contributed by atoms with van der Waals surface area (Å²) in [5.74, 6) is 0.812. The van der Waals surface area contributed by atoms with Crippen LogP contribution in [0.5, 0.6) is 0 Å². The van der Waals surface area contributed by atoms with Crippen molar-refractivity contribution in [3.63, 3.8) is 0 Å². The van der Waals surface area contributed by atoms with Crippen LogP contribution in [0.1, 0.15) is 5.82 Å². The molecule has 16 heavy (non-hydrogen) atoms. The lowest BCUT2D eigenvalue weighted by Gasteiger charge is -2.03. The summed E-state index contributed by atoms with van der Waals surface area (Å²) in [5, 5.41) is 5.59. The molecule has 5 heteroatoms. The topological polar surface area (TPSA) is 69.8 Å². The number of aromatic nitrogens is 2. The van der Waals surface area contributed by atoms with E-state index in [4.69, 9.17) is 0 Å². The van der Waals surface area contributed by atoms with Crippen LogP contribution in [0, 0.1) is 6.92 Å².